The van der Waals surface area contributed by atoms with Crippen molar-refractivity contribution in [1.29, 1.82) is 0 Å². The summed E-state index contributed by atoms with van der Waals surface area (Å²) >= 11 is 0. The molecule has 1 aliphatic carbocycles. The monoisotopic (exact) mass is 284 g/mol. The lowest BCUT2D eigenvalue weighted by molar-refractivity contribution is -0.148. The zero-order valence-corrected chi connectivity index (χ0v) is 12.0. The topological polar surface area (TPSA) is 87.7 Å². The van der Waals surface area contributed by atoms with Crippen LogP contribution in [0.2, 0.25) is 0 Å². The number of rotatable bonds is 6. The second kappa shape index (κ2) is 6.54. The number of carboxylic acid groups (broad SMARTS) is 1. The molecule has 1 saturated heterocycles. The number of hydrogen-bond donors (Lipinski definition) is 3. The van der Waals surface area contributed by atoms with E-state index in [0.29, 0.717) is 26.1 Å². The predicted molar refractivity (Wildman–Crippen MR) is 73.3 cm³/mol. The van der Waals surface area contributed by atoms with Crippen LogP contribution in [0.25, 0.3) is 0 Å². The van der Waals surface area contributed by atoms with E-state index in [1.165, 1.54) is 0 Å². The molecular formula is C14H24N2O4. The molecule has 1 saturated carbocycles. The van der Waals surface area contributed by atoms with Gasteiger partial charge in [-0.15, -0.1) is 0 Å². The van der Waals surface area contributed by atoms with E-state index < -0.39 is 11.4 Å². The summed E-state index contributed by atoms with van der Waals surface area (Å²) in [6, 6.07) is 0.0318. The summed E-state index contributed by atoms with van der Waals surface area (Å²) in [5.74, 6) is -1.11. The highest BCUT2D eigenvalue weighted by atomic mass is 16.5. The van der Waals surface area contributed by atoms with Crippen molar-refractivity contribution in [3.8, 4) is 0 Å². The number of carbonyl (C=O) groups excluding carboxylic acids is 1. The van der Waals surface area contributed by atoms with Crippen LogP contribution >= 0.6 is 0 Å². The molecule has 3 N–H and O–H groups in total. The Balaban J connectivity index is 1.89. The van der Waals surface area contributed by atoms with Crippen LogP contribution in [0.4, 0.5) is 0 Å². The van der Waals surface area contributed by atoms with E-state index in [4.69, 9.17) is 4.74 Å². The third-order valence-electron chi connectivity index (χ3n) is 4.50. The first-order valence-electron chi connectivity index (χ1n) is 7.41. The number of carboxylic acids is 1. The summed E-state index contributed by atoms with van der Waals surface area (Å²) < 4.78 is 5.35. The maximum atomic E-state index is 12.2. The Bertz CT molecular complexity index is 366. The molecule has 6 heteroatoms. The molecule has 1 heterocycles. The van der Waals surface area contributed by atoms with Gasteiger partial charge in [-0.25, -0.2) is 0 Å². The van der Waals surface area contributed by atoms with Crippen molar-refractivity contribution in [2.24, 2.45) is 11.3 Å². The van der Waals surface area contributed by atoms with Gasteiger partial charge in [0.25, 0.3) is 0 Å². The minimum absolute atomic E-state index is 0.0318. The van der Waals surface area contributed by atoms with Gasteiger partial charge in [0.05, 0.1) is 24.5 Å². The van der Waals surface area contributed by atoms with Gasteiger partial charge in [0.15, 0.2) is 0 Å². The Kier molecular flexibility index (Phi) is 4.99. The van der Waals surface area contributed by atoms with Gasteiger partial charge in [0.1, 0.15) is 0 Å². The van der Waals surface area contributed by atoms with Crippen LogP contribution in [-0.2, 0) is 14.3 Å². The minimum atomic E-state index is -0.791. The summed E-state index contributed by atoms with van der Waals surface area (Å²) in [7, 11) is 0. The lowest BCUT2D eigenvalue weighted by Crippen LogP contribution is -2.48. The van der Waals surface area contributed by atoms with Crippen molar-refractivity contribution in [3.05, 3.63) is 0 Å². The predicted octanol–water partition coefficient (Wildman–Crippen LogP) is 0.372. The molecule has 0 aromatic heterocycles. The molecule has 2 aliphatic rings. The number of likely N-dealkylation sites (N-methyl/N-ethyl adjacent to an activating group) is 1. The average Bonchev–Trinajstić information content (AvgIpc) is 3.06. The zero-order chi connectivity index (χ0) is 14.6. The second-order valence-corrected chi connectivity index (χ2v) is 5.82. The summed E-state index contributed by atoms with van der Waals surface area (Å²) in [6.45, 7) is 3.96. The first-order valence-corrected chi connectivity index (χ1v) is 7.41. The molecule has 0 aromatic carbocycles. The Labute approximate surface area is 119 Å². The molecule has 0 radical (unpaired) electrons. The van der Waals surface area contributed by atoms with Crippen molar-refractivity contribution < 1.29 is 19.4 Å². The lowest BCUT2D eigenvalue weighted by atomic mass is 9.86. The first-order chi connectivity index (χ1) is 9.59. The van der Waals surface area contributed by atoms with Gasteiger partial charge in [-0.2, -0.15) is 0 Å². The second-order valence-electron chi connectivity index (χ2n) is 5.82. The van der Waals surface area contributed by atoms with Crippen molar-refractivity contribution in [2.45, 2.75) is 38.6 Å². The molecule has 1 amide bonds. The van der Waals surface area contributed by atoms with Gasteiger partial charge in [-0.3, -0.25) is 9.59 Å². The van der Waals surface area contributed by atoms with Crippen LogP contribution in [0.5, 0.6) is 0 Å². The fraction of sp³-hybridized carbons (Fsp3) is 0.857. The molecule has 114 valence electrons. The highest BCUT2D eigenvalue weighted by molar-refractivity contribution is 5.81. The fourth-order valence-corrected chi connectivity index (χ4v) is 3.18. The molecule has 0 aromatic rings. The third-order valence-corrected chi connectivity index (χ3v) is 4.50. The molecule has 2 atom stereocenters. The van der Waals surface area contributed by atoms with Crippen LogP contribution in [0.3, 0.4) is 0 Å². The Hall–Kier alpha value is -1.14. The van der Waals surface area contributed by atoms with Crippen LogP contribution in [0.15, 0.2) is 0 Å². The van der Waals surface area contributed by atoms with Gasteiger partial charge in [-0.05, 0) is 19.4 Å². The fourth-order valence-electron chi connectivity index (χ4n) is 3.18. The van der Waals surface area contributed by atoms with Crippen LogP contribution in [0.1, 0.15) is 32.6 Å². The summed E-state index contributed by atoms with van der Waals surface area (Å²) in [5, 5.41) is 15.5. The number of hydrogen-bond acceptors (Lipinski definition) is 4. The van der Waals surface area contributed by atoms with Crippen LogP contribution in [-0.4, -0.2) is 49.3 Å². The third kappa shape index (κ3) is 3.12. The normalized spacial score (nSPS) is 28.4. The molecule has 2 fully saturated rings. The van der Waals surface area contributed by atoms with E-state index >= 15 is 0 Å². The van der Waals surface area contributed by atoms with Crippen molar-refractivity contribution in [1.82, 2.24) is 10.6 Å². The number of amides is 1. The molecular weight excluding hydrogens is 260 g/mol. The Morgan fingerprint density at radius 3 is 2.60 bits per heavy atom. The van der Waals surface area contributed by atoms with Gasteiger partial charge < -0.3 is 20.5 Å². The number of carbonyl (C=O) groups is 2. The largest absolute Gasteiger partial charge is 0.481 e. The van der Waals surface area contributed by atoms with Gasteiger partial charge >= 0.3 is 5.97 Å². The van der Waals surface area contributed by atoms with Crippen LogP contribution in [0, 0.1) is 11.3 Å². The molecule has 6 nitrogen and oxygen atoms in total. The molecule has 0 spiro atoms. The SMILES string of the molecule is CCNC1COCC1C(=O)NCC1(C(=O)O)CCCC1. The van der Waals surface area contributed by atoms with E-state index in [1.807, 2.05) is 6.92 Å². The van der Waals surface area contributed by atoms with E-state index in [9.17, 15) is 14.7 Å². The van der Waals surface area contributed by atoms with Crippen molar-refractivity contribution in [3.63, 3.8) is 0 Å². The van der Waals surface area contributed by atoms with E-state index in [2.05, 4.69) is 10.6 Å². The first kappa shape index (κ1) is 15.3. The van der Waals surface area contributed by atoms with E-state index in [-0.39, 0.29) is 24.4 Å². The maximum Gasteiger partial charge on any atom is 0.311 e. The van der Waals surface area contributed by atoms with Gasteiger partial charge in [-0.1, -0.05) is 19.8 Å². The number of nitrogens with one attached hydrogen (secondary N) is 2. The quantitative estimate of drug-likeness (QED) is 0.656. The standard InChI is InChI=1S/C14H24N2O4/c1-2-15-11-8-20-7-10(11)12(17)16-9-14(13(18)19)5-3-4-6-14/h10-11,15H,2-9H2,1H3,(H,16,17)(H,18,19). The number of aliphatic carboxylic acids is 1. The highest BCUT2D eigenvalue weighted by Crippen LogP contribution is 2.37. The molecule has 20 heavy (non-hydrogen) atoms. The molecule has 2 rings (SSSR count). The molecule has 2 unspecified atom stereocenters. The van der Waals surface area contributed by atoms with E-state index in [0.717, 1.165) is 19.4 Å². The summed E-state index contributed by atoms with van der Waals surface area (Å²) in [5.41, 5.74) is -0.761. The highest BCUT2D eigenvalue weighted by Gasteiger charge is 2.42. The Morgan fingerprint density at radius 1 is 1.30 bits per heavy atom. The molecule has 0 bridgehead atoms. The Morgan fingerprint density at radius 2 is 2.00 bits per heavy atom. The average molecular weight is 284 g/mol. The molecule has 1 aliphatic heterocycles. The van der Waals surface area contributed by atoms with Crippen molar-refractivity contribution in [2.75, 3.05) is 26.3 Å². The van der Waals surface area contributed by atoms with Crippen molar-refractivity contribution >= 4 is 11.9 Å². The lowest BCUT2D eigenvalue weighted by Gasteiger charge is -2.25. The van der Waals surface area contributed by atoms with Gasteiger partial charge in [0.2, 0.25) is 5.91 Å². The maximum absolute atomic E-state index is 12.2. The number of ether oxygens (including phenoxy) is 1. The van der Waals surface area contributed by atoms with E-state index in [1.54, 1.807) is 0 Å². The minimum Gasteiger partial charge on any atom is -0.481 e. The zero-order valence-electron chi connectivity index (χ0n) is 12.0. The summed E-state index contributed by atoms with van der Waals surface area (Å²) in [4.78, 5) is 23.7. The van der Waals surface area contributed by atoms with Gasteiger partial charge in [0, 0.05) is 12.6 Å². The van der Waals surface area contributed by atoms with Crippen LogP contribution < -0.4 is 10.6 Å². The smallest absolute Gasteiger partial charge is 0.311 e. The summed E-state index contributed by atoms with van der Waals surface area (Å²) in [6.07, 6.45) is 3.16.